The lowest BCUT2D eigenvalue weighted by Crippen LogP contribution is -2.26. The highest BCUT2D eigenvalue weighted by Crippen LogP contribution is 2.29. The van der Waals surface area contributed by atoms with Gasteiger partial charge in [-0.25, -0.2) is 0 Å². The molecule has 1 N–H and O–H groups in total. The molecule has 0 aromatic heterocycles. The van der Waals surface area contributed by atoms with E-state index in [4.69, 9.17) is 0 Å². The number of likely N-dealkylation sites (tertiary alicyclic amines) is 1. The lowest BCUT2D eigenvalue weighted by molar-refractivity contribution is -0.130. The van der Waals surface area contributed by atoms with E-state index in [1.165, 1.54) is 11.1 Å². The summed E-state index contributed by atoms with van der Waals surface area (Å²) in [7, 11) is 3.87. The number of hydrogen-bond donors (Lipinski definition) is 1. The average molecular weight is 246 g/mol. The monoisotopic (exact) mass is 246 g/mol. The molecule has 1 aliphatic rings. The number of amides is 1. The maximum absolute atomic E-state index is 12.0. The predicted octanol–water partition coefficient (Wildman–Crippen LogP) is 2.12. The van der Waals surface area contributed by atoms with E-state index in [9.17, 15) is 4.79 Å². The summed E-state index contributed by atoms with van der Waals surface area (Å²) in [6.07, 6.45) is 1.88. The van der Waals surface area contributed by atoms with Crippen LogP contribution in [0.25, 0.3) is 0 Å². The normalized spacial score (nSPS) is 21.4. The van der Waals surface area contributed by atoms with Crippen LogP contribution < -0.4 is 5.32 Å². The molecule has 0 aliphatic carbocycles. The third-order valence-corrected chi connectivity index (χ3v) is 3.97. The molecule has 1 fully saturated rings. The van der Waals surface area contributed by atoms with Crippen LogP contribution in [-0.4, -0.2) is 31.4 Å². The van der Waals surface area contributed by atoms with Crippen molar-refractivity contribution in [3.05, 3.63) is 35.4 Å². The summed E-state index contributed by atoms with van der Waals surface area (Å²) in [5.41, 5.74) is 2.60. The van der Waals surface area contributed by atoms with Crippen molar-refractivity contribution < 1.29 is 4.79 Å². The van der Waals surface area contributed by atoms with Crippen LogP contribution in [0.4, 0.5) is 0 Å². The number of nitrogens with zero attached hydrogens (tertiary/aromatic N) is 1. The minimum absolute atomic E-state index is 0.173. The van der Waals surface area contributed by atoms with Gasteiger partial charge in [-0.3, -0.25) is 4.79 Å². The lowest BCUT2D eigenvalue weighted by atomic mass is 9.91. The molecule has 98 valence electrons. The van der Waals surface area contributed by atoms with Gasteiger partial charge in [0.05, 0.1) is 0 Å². The quantitative estimate of drug-likeness (QED) is 0.882. The second-order valence-corrected chi connectivity index (χ2v) is 5.18. The zero-order valence-corrected chi connectivity index (χ0v) is 11.4. The number of carbonyl (C=O) groups is 1. The van der Waals surface area contributed by atoms with Gasteiger partial charge in [-0.05, 0) is 37.9 Å². The van der Waals surface area contributed by atoms with Crippen molar-refractivity contribution in [3.63, 3.8) is 0 Å². The van der Waals surface area contributed by atoms with E-state index in [2.05, 4.69) is 36.5 Å². The Morgan fingerprint density at radius 2 is 2.17 bits per heavy atom. The van der Waals surface area contributed by atoms with Gasteiger partial charge >= 0.3 is 0 Å². The van der Waals surface area contributed by atoms with Gasteiger partial charge < -0.3 is 10.2 Å². The smallest absolute Gasteiger partial charge is 0.225 e. The molecular formula is C15H22N2O. The summed E-state index contributed by atoms with van der Waals surface area (Å²) >= 11 is 0. The third kappa shape index (κ3) is 2.56. The Labute approximate surface area is 109 Å². The molecule has 0 radical (unpaired) electrons. The lowest BCUT2D eigenvalue weighted by Gasteiger charge is -2.21. The Morgan fingerprint density at radius 1 is 1.44 bits per heavy atom. The van der Waals surface area contributed by atoms with Crippen LogP contribution in [0.5, 0.6) is 0 Å². The second-order valence-electron chi connectivity index (χ2n) is 5.18. The van der Waals surface area contributed by atoms with Gasteiger partial charge in [-0.1, -0.05) is 24.3 Å². The van der Waals surface area contributed by atoms with Crippen LogP contribution in [0.3, 0.4) is 0 Å². The standard InChI is InChI=1S/C15H22N2O/c1-11-6-4-5-7-13(11)14(16-2)10-12-8-9-17(3)15(12)18/h4-7,12,14,16H,8-10H2,1-3H3. The highest BCUT2D eigenvalue weighted by molar-refractivity contribution is 5.80. The zero-order chi connectivity index (χ0) is 13.1. The van der Waals surface area contributed by atoms with Crippen LogP contribution in [0.1, 0.15) is 30.0 Å². The van der Waals surface area contributed by atoms with Gasteiger partial charge in [-0.2, -0.15) is 0 Å². The Morgan fingerprint density at radius 3 is 2.72 bits per heavy atom. The first-order valence-electron chi connectivity index (χ1n) is 6.61. The van der Waals surface area contributed by atoms with E-state index in [1.54, 1.807) is 0 Å². The van der Waals surface area contributed by atoms with Crippen LogP contribution in [0.15, 0.2) is 24.3 Å². The topological polar surface area (TPSA) is 32.3 Å². The molecule has 1 aromatic rings. The molecule has 3 nitrogen and oxygen atoms in total. The summed E-state index contributed by atoms with van der Waals surface area (Å²) in [6.45, 7) is 3.02. The van der Waals surface area contributed by atoms with E-state index in [0.29, 0.717) is 5.91 Å². The molecule has 1 saturated heterocycles. The third-order valence-electron chi connectivity index (χ3n) is 3.97. The molecule has 3 heteroatoms. The Hall–Kier alpha value is -1.35. The first kappa shape index (κ1) is 13.1. The second kappa shape index (κ2) is 5.53. The summed E-state index contributed by atoms with van der Waals surface area (Å²) in [4.78, 5) is 13.8. The molecule has 1 heterocycles. The zero-order valence-electron chi connectivity index (χ0n) is 11.4. The highest BCUT2D eigenvalue weighted by Gasteiger charge is 2.31. The largest absolute Gasteiger partial charge is 0.345 e. The highest BCUT2D eigenvalue weighted by atomic mass is 16.2. The van der Waals surface area contributed by atoms with Gasteiger partial charge in [0.2, 0.25) is 5.91 Å². The number of carbonyl (C=O) groups excluding carboxylic acids is 1. The first-order chi connectivity index (χ1) is 8.63. The summed E-state index contributed by atoms with van der Waals surface area (Å²) in [6, 6.07) is 8.67. The molecule has 2 atom stereocenters. The Kier molecular flexibility index (Phi) is 4.02. The molecule has 2 unspecified atom stereocenters. The molecule has 0 spiro atoms. The molecule has 18 heavy (non-hydrogen) atoms. The van der Waals surface area contributed by atoms with Crippen LogP contribution in [0, 0.1) is 12.8 Å². The van der Waals surface area contributed by atoms with Crippen molar-refractivity contribution in [1.82, 2.24) is 10.2 Å². The summed E-state index contributed by atoms with van der Waals surface area (Å²) < 4.78 is 0. The predicted molar refractivity (Wildman–Crippen MR) is 73.3 cm³/mol. The Bertz CT molecular complexity index is 430. The minimum Gasteiger partial charge on any atom is -0.345 e. The number of nitrogens with one attached hydrogen (secondary N) is 1. The Balaban J connectivity index is 2.11. The molecule has 1 aliphatic heterocycles. The van der Waals surface area contributed by atoms with Gasteiger partial charge in [0, 0.05) is 25.6 Å². The van der Waals surface area contributed by atoms with Crippen LogP contribution >= 0.6 is 0 Å². The van der Waals surface area contributed by atoms with E-state index in [-0.39, 0.29) is 12.0 Å². The first-order valence-corrected chi connectivity index (χ1v) is 6.61. The molecule has 1 amide bonds. The van der Waals surface area contributed by atoms with Gasteiger partial charge in [0.1, 0.15) is 0 Å². The van der Waals surface area contributed by atoms with E-state index >= 15 is 0 Å². The van der Waals surface area contributed by atoms with Gasteiger partial charge in [-0.15, -0.1) is 0 Å². The van der Waals surface area contributed by atoms with Crippen molar-refractivity contribution in [2.24, 2.45) is 5.92 Å². The van der Waals surface area contributed by atoms with Gasteiger partial charge in [0.15, 0.2) is 0 Å². The van der Waals surface area contributed by atoms with Crippen molar-refractivity contribution in [3.8, 4) is 0 Å². The van der Waals surface area contributed by atoms with Crippen molar-refractivity contribution in [2.75, 3.05) is 20.6 Å². The number of rotatable bonds is 4. The molecule has 1 aromatic carbocycles. The van der Waals surface area contributed by atoms with Crippen LogP contribution in [0.2, 0.25) is 0 Å². The van der Waals surface area contributed by atoms with Crippen molar-refractivity contribution in [2.45, 2.75) is 25.8 Å². The number of benzene rings is 1. The number of hydrogen-bond acceptors (Lipinski definition) is 2. The van der Waals surface area contributed by atoms with E-state index in [1.807, 2.05) is 19.0 Å². The minimum atomic E-state index is 0.173. The fraction of sp³-hybridized carbons (Fsp3) is 0.533. The van der Waals surface area contributed by atoms with Crippen LogP contribution in [-0.2, 0) is 4.79 Å². The average Bonchev–Trinajstić information content (AvgIpc) is 2.68. The fourth-order valence-electron chi connectivity index (χ4n) is 2.78. The summed E-state index contributed by atoms with van der Waals surface area (Å²) in [5.74, 6) is 0.468. The molecule has 0 bridgehead atoms. The molecule has 2 rings (SSSR count). The SMILES string of the molecule is CNC(CC1CCN(C)C1=O)c1ccccc1C. The maximum atomic E-state index is 12.0. The molecule has 0 saturated carbocycles. The molecular weight excluding hydrogens is 224 g/mol. The van der Waals surface area contributed by atoms with Crippen molar-refractivity contribution >= 4 is 5.91 Å². The number of aryl methyl sites for hydroxylation is 1. The maximum Gasteiger partial charge on any atom is 0.225 e. The summed E-state index contributed by atoms with van der Waals surface area (Å²) in [5, 5.41) is 3.35. The fourth-order valence-corrected chi connectivity index (χ4v) is 2.78. The van der Waals surface area contributed by atoms with Gasteiger partial charge in [0.25, 0.3) is 0 Å². The van der Waals surface area contributed by atoms with Crippen molar-refractivity contribution in [1.29, 1.82) is 0 Å². The van der Waals surface area contributed by atoms with E-state index < -0.39 is 0 Å². The van der Waals surface area contributed by atoms with E-state index in [0.717, 1.165) is 19.4 Å².